The second kappa shape index (κ2) is 5.48. The maximum absolute atomic E-state index is 13.5. The Morgan fingerprint density at radius 1 is 1.11 bits per heavy atom. The van der Waals surface area contributed by atoms with Crippen LogP contribution in [-0.2, 0) is 28.6 Å². The fourth-order valence-corrected chi connectivity index (χ4v) is 8.50. The van der Waals surface area contributed by atoms with Crippen LogP contribution in [0.3, 0.4) is 0 Å². The summed E-state index contributed by atoms with van der Waals surface area (Å²) in [4.78, 5) is 26.8. The Kier molecular flexibility index (Phi) is 3.68. The zero-order chi connectivity index (χ0) is 20.1. The number of Topliss-reactive ketones (excluding diaryl/α,β-unsaturated/α-hetero) is 1. The van der Waals surface area contributed by atoms with Gasteiger partial charge in [-0.15, -0.1) is 0 Å². The third-order valence-electron chi connectivity index (χ3n) is 8.91. The van der Waals surface area contributed by atoms with E-state index in [0.29, 0.717) is 31.4 Å². The molecule has 6 rings (SSSR count). The van der Waals surface area contributed by atoms with E-state index in [2.05, 4.69) is 13.5 Å². The molecule has 4 unspecified atom stereocenters. The molecule has 0 radical (unpaired) electrons. The van der Waals surface area contributed by atoms with E-state index < -0.39 is 27.1 Å². The first-order chi connectivity index (χ1) is 13.0. The maximum Gasteiger partial charge on any atom is 0.312 e. The van der Waals surface area contributed by atoms with E-state index in [-0.39, 0.29) is 34.9 Å². The Bertz CT molecular complexity index is 893. The summed E-state index contributed by atoms with van der Waals surface area (Å²) < 4.78 is 35.6. The first-order valence-corrected chi connectivity index (χ1v) is 12.2. The molecule has 1 saturated heterocycles. The fraction of sp³-hybridized carbons (Fsp3) is 0.810. The smallest absolute Gasteiger partial charge is 0.312 e. The fourth-order valence-electron chi connectivity index (χ4n) is 7.83. The SMILES string of the molecule is C=C1C(=O)C23CC[C@H]1CC2C12CCC[C@@](C)(COC1=O)C2C[C@H]3OS(C)(=O)=O. The zero-order valence-corrected chi connectivity index (χ0v) is 17.3. The highest BCUT2D eigenvalue weighted by Crippen LogP contribution is 2.73. The van der Waals surface area contributed by atoms with Crippen LogP contribution in [-0.4, -0.2) is 39.1 Å². The van der Waals surface area contributed by atoms with Crippen LogP contribution in [0.15, 0.2) is 12.2 Å². The van der Waals surface area contributed by atoms with Crippen LogP contribution in [0.4, 0.5) is 0 Å². The van der Waals surface area contributed by atoms with Crippen molar-refractivity contribution in [3.05, 3.63) is 12.2 Å². The maximum atomic E-state index is 13.5. The molecule has 1 aliphatic heterocycles. The topological polar surface area (TPSA) is 86.7 Å². The van der Waals surface area contributed by atoms with Crippen molar-refractivity contribution in [2.75, 3.05) is 12.9 Å². The highest BCUT2D eigenvalue weighted by molar-refractivity contribution is 7.86. The number of fused-ring (bicyclic) bond motifs is 2. The van der Waals surface area contributed by atoms with Gasteiger partial charge < -0.3 is 4.74 Å². The first-order valence-electron chi connectivity index (χ1n) is 10.3. The molecule has 1 heterocycles. The van der Waals surface area contributed by atoms with Gasteiger partial charge in [0, 0.05) is 5.41 Å². The minimum absolute atomic E-state index is 0.0159. The third kappa shape index (κ3) is 2.10. The molecule has 0 amide bonds. The number of esters is 1. The molecule has 6 nitrogen and oxygen atoms in total. The highest BCUT2D eigenvalue weighted by Gasteiger charge is 2.76. The van der Waals surface area contributed by atoms with Crippen LogP contribution in [0.2, 0.25) is 0 Å². The van der Waals surface area contributed by atoms with Crippen molar-refractivity contribution >= 4 is 21.9 Å². The lowest BCUT2D eigenvalue weighted by Gasteiger charge is -2.69. The van der Waals surface area contributed by atoms with Gasteiger partial charge in [-0.05, 0) is 61.9 Å². The van der Waals surface area contributed by atoms with Crippen molar-refractivity contribution < 1.29 is 26.9 Å². The van der Waals surface area contributed by atoms with Gasteiger partial charge in [0.2, 0.25) is 0 Å². The Balaban J connectivity index is 1.72. The van der Waals surface area contributed by atoms with Gasteiger partial charge in [-0.2, -0.15) is 8.42 Å². The summed E-state index contributed by atoms with van der Waals surface area (Å²) in [6.45, 7) is 6.55. The number of carbonyl (C=O) groups excluding carboxylic acids is 2. The predicted octanol–water partition coefficient (Wildman–Crippen LogP) is 2.63. The summed E-state index contributed by atoms with van der Waals surface area (Å²) in [5.41, 5.74) is -1.27. The van der Waals surface area contributed by atoms with E-state index in [1.165, 1.54) is 0 Å². The van der Waals surface area contributed by atoms with E-state index >= 15 is 0 Å². The molecule has 6 aliphatic rings. The van der Waals surface area contributed by atoms with Gasteiger partial charge in [-0.3, -0.25) is 13.8 Å². The van der Waals surface area contributed by atoms with Crippen molar-refractivity contribution in [2.24, 2.45) is 34.0 Å². The molecule has 0 N–H and O–H groups in total. The van der Waals surface area contributed by atoms with Crippen molar-refractivity contribution in [3.63, 3.8) is 0 Å². The Hall–Kier alpha value is -1.21. The number of rotatable bonds is 2. The minimum Gasteiger partial charge on any atom is -0.465 e. The van der Waals surface area contributed by atoms with Gasteiger partial charge in [0.05, 0.1) is 29.8 Å². The molecule has 28 heavy (non-hydrogen) atoms. The lowest BCUT2D eigenvalue weighted by Crippen LogP contribution is -2.73. The van der Waals surface area contributed by atoms with Crippen LogP contribution in [0.5, 0.6) is 0 Å². The molecule has 7 heteroatoms. The van der Waals surface area contributed by atoms with Crippen molar-refractivity contribution in [3.8, 4) is 0 Å². The molecular weight excluding hydrogens is 380 g/mol. The largest absolute Gasteiger partial charge is 0.465 e. The Morgan fingerprint density at radius 3 is 2.57 bits per heavy atom. The van der Waals surface area contributed by atoms with Crippen molar-refractivity contribution in [1.29, 1.82) is 0 Å². The molecule has 6 fully saturated rings. The Labute approximate surface area is 166 Å². The molecule has 0 aromatic heterocycles. The minimum atomic E-state index is -3.74. The third-order valence-corrected chi connectivity index (χ3v) is 9.49. The molecule has 1 spiro atoms. The summed E-state index contributed by atoms with van der Waals surface area (Å²) in [6.07, 6.45) is 5.42. The number of ether oxygens (including phenoxy) is 1. The Morgan fingerprint density at radius 2 is 1.86 bits per heavy atom. The molecule has 5 aliphatic carbocycles. The lowest BCUT2D eigenvalue weighted by molar-refractivity contribution is -0.251. The second-order valence-electron chi connectivity index (χ2n) is 10.1. The van der Waals surface area contributed by atoms with Crippen LogP contribution in [0.25, 0.3) is 0 Å². The molecule has 5 saturated carbocycles. The summed E-state index contributed by atoms with van der Waals surface area (Å²) >= 11 is 0. The molecular formula is C21H28O6S. The van der Waals surface area contributed by atoms with E-state index in [9.17, 15) is 18.0 Å². The predicted molar refractivity (Wildman–Crippen MR) is 101 cm³/mol. The monoisotopic (exact) mass is 408 g/mol. The number of hydrogen-bond donors (Lipinski definition) is 0. The van der Waals surface area contributed by atoms with Crippen LogP contribution < -0.4 is 0 Å². The van der Waals surface area contributed by atoms with E-state index in [0.717, 1.165) is 31.9 Å². The number of ketones is 1. The van der Waals surface area contributed by atoms with Gasteiger partial charge in [0.15, 0.2) is 5.78 Å². The number of allylic oxidation sites excluding steroid dienone is 1. The zero-order valence-electron chi connectivity index (χ0n) is 16.5. The summed E-state index contributed by atoms with van der Waals surface area (Å²) in [5.74, 6) is -0.420. The molecule has 0 aromatic rings. The molecule has 7 atom stereocenters. The summed E-state index contributed by atoms with van der Waals surface area (Å²) in [6, 6.07) is 0. The van der Waals surface area contributed by atoms with E-state index in [1.807, 2.05) is 0 Å². The van der Waals surface area contributed by atoms with Crippen LogP contribution in [0, 0.1) is 34.0 Å². The summed E-state index contributed by atoms with van der Waals surface area (Å²) in [7, 11) is -3.74. The highest BCUT2D eigenvalue weighted by atomic mass is 32.2. The van der Waals surface area contributed by atoms with Gasteiger partial charge in [0.1, 0.15) is 0 Å². The quantitative estimate of drug-likeness (QED) is 0.397. The van der Waals surface area contributed by atoms with Gasteiger partial charge >= 0.3 is 5.97 Å². The van der Waals surface area contributed by atoms with Gasteiger partial charge in [0.25, 0.3) is 10.1 Å². The van der Waals surface area contributed by atoms with Crippen LogP contribution >= 0.6 is 0 Å². The molecule has 154 valence electrons. The summed E-state index contributed by atoms with van der Waals surface area (Å²) in [5, 5.41) is 0. The number of hydrogen-bond acceptors (Lipinski definition) is 6. The lowest BCUT2D eigenvalue weighted by atomic mass is 9.35. The average Bonchev–Trinajstić information content (AvgIpc) is 2.62. The second-order valence-corrected chi connectivity index (χ2v) is 11.7. The van der Waals surface area contributed by atoms with E-state index in [1.54, 1.807) is 0 Å². The standard InChI is InChI=1S/C21H28O6S/c1-12-13-5-8-21(17(12)22)15(9-13)20-7-4-6-19(2,11-26-18(20)23)14(20)10-16(21)27-28(3,24)25/h13-16H,1,4-11H2,2-3H3/t13-,14?,15?,16+,19-,20?,21?/m0/s1. The molecule has 0 aromatic carbocycles. The number of carbonyl (C=O) groups is 2. The first kappa shape index (κ1) is 18.8. The van der Waals surface area contributed by atoms with E-state index in [4.69, 9.17) is 8.92 Å². The average molecular weight is 409 g/mol. The normalized spacial score (nSPS) is 50.0. The molecule has 4 bridgehead atoms. The van der Waals surface area contributed by atoms with Gasteiger partial charge in [-0.1, -0.05) is 19.9 Å². The van der Waals surface area contributed by atoms with Crippen LogP contribution in [0.1, 0.15) is 51.9 Å². The number of cyclic esters (lactones) is 1. The van der Waals surface area contributed by atoms with Crippen molar-refractivity contribution in [2.45, 2.75) is 58.0 Å². The van der Waals surface area contributed by atoms with Gasteiger partial charge in [-0.25, -0.2) is 0 Å². The van der Waals surface area contributed by atoms with Crippen molar-refractivity contribution in [1.82, 2.24) is 0 Å².